The molecule has 6 nitrogen and oxygen atoms in total. The normalized spacial score (nSPS) is 25.4. The second-order valence-electron chi connectivity index (χ2n) is 11.6. The van der Waals surface area contributed by atoms with Crippen LogP contribution in [0.15, 0.2) is 24.3 Å². The van der Waals surface area contributed by atoms with Gasteiger partial charge in [0.15, 0.2) is 23.0 Å². The lowest BCUT2D eigenvalue weighted by Crippen LogP contribution is -2.47. The van der Waals surface area contributed by atoms with Crippen molar-refractivity contribution in [1.82, 2.24) is 9.80 Å². The molecule has 208 valence electrons. The van der Waals surface area contributed by atoms with Crippen LogP contribution in [0.25, 0.3) is 0 Å². The van der Waals surface area contributed by atoms with E-state index in [-0.39, 0.29) is 0 Å². The lowest BCUT2D eigenvalue weighted by molar-refractivity contribution is 0.0258. The molecule has 2 aromatic rings. The van der Waals surface area contributed by atoms with Crippen molar-refractivity contribution in [2.75, 3.05) is 48.1 Å². The summed E-state index contributed by atoms with van der Waals surface area (Å²) in [6, 6.07) is 10.3. The first kappa shape index (κ1) is 27.1. The Labute approximate surface area is 229 Å². The van der Waals surface area contributed by atoms with Crippen LogP contribution >= 0.6 is 0 Å². The van der Waals surface area contributed by atoms with Crippen molar-refractivity contribution in [3.8, 4) is 23.0 Å². The maximum atomic E-state index is 5.76. The summed E-state index contributed by atoms with van der Waals surface area (Å²) in [7, 11) is 6.95. The Morgan fingerprint density at radius 1 is 0.763 bits per heavy atom. The molecule has 38 heavy (non-hydrogen) atoms. The van der Waals surface area contributed by atoms with E-state index < -0.39 is 0 Å². The highest BCUT2D eigenvalue weighted by atomic mass is 16.5. The summed E-state index contributed by atoms with van der Waals surface area (Å²) in [5.74, 6) is 4.71. The Morgan fingerprint density at radius 3 is 1.89 bits per heavy atom. The number of hydrogen-bond donors (Lipinski definition) is 0. The van der Waals surface area contributed by atoms with E-state index in [1.807, 2.05) is 0 Å². The third-order valence-corrected chi connectivity index (χ3v) is 9.53. The zero-order chi connectivity index (χ0) is 27.0. The predicted octanol–water partition coefficient (Wildman–Crippen LogP) is 6.06. The molecular weight excluding hydrogens is 476 g/mol. The third-order valence-electron chi connectivity index (χ3n) is 9.53. The molecule has 5 rings (SSSR count). The monoisotopic (exact) mass is 522 g/mol. The molecule has 3 aliphatic heterocycles. The summed E-state index contributed by atoms with van der Waals surface area (Å²) in [6.45, 7) is 10.5. The van der Waals surface area contributed by atoms with E-state index >= 15 is 0 Å². The lowest BCUT2D eigenvalue weighted by atomic mass is 9.72. The number of piperidine rings is 1. The van der Waals surface area contributed by atoms with Gasteiger partial charge in [0.05, 0.1) is 28.4 Å². The van der Waals surface area contributed by atoms with Crippen molar-refractivity contribution in [1.29, 1.82) is 0 Å². The highest BCUT2D eigenvalue weighted by Gasteiger charge is 2.41. The molecule has 0 saturated carbocycles. The van der Waals surface area contributed by atoms with Crippen LogP contribution in [0.1, 0.15) is 74.4 Å². The van der Waals surface area contributed by atoms with E-state index in [0.717, 1.165) is 48.9 Å². The SMILES string of the molecule is CC[C@H]1CN2CCc3cc(OC)c(OC)cc3[C@@H]2C[C@@H]1C[C@@H]1c2cc(OC)c(OC)cc2CCN1C(C)C. The van der Waals surface area contributed by atoms with Crippen molar-refractivity contribution < 1.29 is 18.9 Å². The van der Waals surface area contributed by atoms with Crippen LogP contribution in [0.2, 0.25) is 0 Å². The second-order valence-corrected chi connectivity index (χ2v) is 11.6. The second kappa shape index (κ2) is 11.4. The van der Waals surface area contributed by atoms with Crippen LogP contribution in [0.4, 0.5) is 0 Å². The van der Waals surface area contributed by atoms with Gasteiger partial charge in [0, 0.05) is 37.8 Å². The van der Waals surface area contributed by atoms with Crippen LogP contribution in [-0.4, -0.2) is 63.9 Å². The smallest absolute Gasteiger partial charge is 0.161 e. The molecule has 0 aliphatic carbocycles. The van der Waals surface area contributed by atoms with Crippen molar-refractivity contribution in [2.45, 2.75) is 71.0 Å². The Bertz CT molecular complexity index is 1130. The van der Waals surface area contributed by atoms with Crippen molar-refractivity contribution in [3.05, 3.63) is 46.5 Å². The summed E-state index contributed by atoms with van der Waals surface area (Å²) in [5, 5.41) is 0. The average Bonchev–Trinajstić information content (AvgIpc) is 2.94. The zero-order valence-electron chi connectivity index (χ0n) is 24.4. The highest BCUT2D eigenvalue weighted by Crippen LogP contribution is 2.49. The van der Waals surface area contributed by atoms with Crippen molar-refractivity contribution in [3.63, 3.8) is 0 Å². The van der Waals surface area contributed by atoms with Gasteiger partial charge in [-0.2, -0.15) is 0 Å². The van der Waals surface area contributed by atoms with Gasteiger partial charge in [0.25, 0.3) is 0 Å². The van der Waals surface area contributed by atoms with Crippen LogP contribution in [0, 0.1) is 11.8 Å². The van der Waals surface area contributed by atoms with Gasteiger partial charge in [0.1, 0.15) is 0 Å². The number of benzene rings is 2. The molecule has 0 radical (unpaired) electrons. The Hall–Kier alpha value is -2.44. The van der Waals surface area contributed by atoms with E-state index in [0.29, 0.717) is 30.0 Å². The minimum Gasteiger partial charge on any atom is -0.493 e. The molecule has 0 N–H and O–H groups in total. The third kappa shape index (κ3) is 4.86. The molecule has 4 atom stereocenters. The first-order chi connectivity index (χ1) is 18.4. The van der Waals surface area contributed by atoms with Crippen molar-refractivity contribution in [2.24, 2.45) is 11.8 Å². The van der Waals surface area contributed by atoms with Gasteiger partial charge in [0.2, 0.25) is 0 Å². The number of hydrogen-bond acceptors (Lipinski definition) is 6. The van der Waals surface area contributed by atoms with Gasteiger partial charge in [-0.05, 0) is 97.9 Å². The van der Waals surface area contributed by atoms with E-state index in [1.54, 1.807) is 28.4 Å². The molecule has 0 aromatic heterocycles. The molecule has 3 heterocycles. The lowest BCUT2D eigenvalue weighted by Gasteiger charge is -2.49. The standard InChI is InChI=1S/C32H46N2O4/c1-8-21-19-33-11-9-22-15-29(35-4)31(37-6)17-25(22)27(33)13-24(21)14-28-26-18-32(38-7)30(36-5)16-23(26)10-12-34(28)20(2)3/h15-18,20-21,24,27-28H,8-14,19H2,1-7H3/t21-,24+,27-,28+/m0/s1. The Kier molecular flexibility index (Phi) is 8.11. The summed E-state index contributed by atoms with van der Waals surface area (Å²) < 4.78 is 22.8. The maximum absolute atomic E-state index is 5.76. The van der Waals surface area contributed by atoms with Gasteiger partial charge in [-0.1, -0.05) is 13.3 Å². The van der Waals surface area contributed by atoms with Gasteiger partial charge >= 0.3 is 0 Å². The number of nitrogens with zero attached hydrogens (tertiary/aromatic N) is 2. The zero-order valence-corrected chi connectivity index (χ0v) is 24.4. The molecule has 3 aliphatic rings. The maximum Gasteiger partial charge on any atom is 0.161 e. The molecule has 1 fully saturated rings. The summed E-state index contributed by atoms with van der Waals surface area (Å²) in [4.78, 5) is 5.46. The van der Waals surface area contributed by atoms with Crippen LogP contribution in [-0.2, 0) is 12.8 Å². The van der Waals surface area contributed by atoms with Gasteiger partial charge < -0.3 is 18.9 Å². The minimum atomic E-state index is 0.387. The summed E-state index contributed by atoms with van der Waals surface area (Å²) >= 11 is 0. The first-order valence-corrected chi connectivity index (χ1v) is 14.4. The van der Waals surface area contributed by atoms with Gasteiger partial charge in [-0.15, -0.1) is 0 Å². The fraction of sp³-hybridized carbons (Fsp3) is 0.625. The molecule has 6 heteroatoms. The summed E-state index contributed by atoms with van der Waals surface area (Å²) in [6.07, 6.45) is 5.71. The molecular formula is C32H46N2O4. The van der Waals surface area contributed by atoms with E-state index in [2.05, 4.69) is 54.8 Å². The van der Waals surface area contributed by atoms with Crippen LogP contribution < -0.4 is 18.9 Å². The van der Waals surface area contributed by atoms with Gasteiger partial charge in [-0.25, -0.2) is 0 Å². The highest BCUT2D eigenvalue weighted by molar-refractivity contribution is 5.51. The minimum absolute atomic E-state index is 0.387. The molecule has 1 saturated heterocycles. The van der Waals surface area contributed by atoms with Gasteiger partial charge in [-0.3, -0.25) is 9.80 Å². The first-order valence-electron chi connectivity index (χ1n) is 14.4. The fourth-order valence-corrected chi connectivity index (χ4v) is 7.47. The topological polar surface area (TPSA) is 43.4 Å². The average molecular weight is 523 g/mol. The quantitative estimate of drug-likeness (QED) is 0.420. The molecule has 2 aromatic carbocycles. The number of rotatable bonds is 8. The molecule has 0 bridgehead atoms. The Morgan fingerprint density at radius 2 is 1.32 bits per heavy atom. The number of fused-ring (bicyclic) bond motifs is 4. The van der Waals surface area contributed by atoms with E-state index in [4.69, 9.17) is 18.9 Å². The fourth-order valence-electron chi connectivity index (χ4n) is 7.47. The van der Waals surface area contributed by atoms with Crippen LogP contribution in [0.5, 0.6) is 23.0 Å². The molecule has 0 unspecified atom stereocenters. The van der Waals surface area contributed by atoms with E-state index in [9.17, 15) is 0 Å². The van der Waals surface area contributed by atoms with Crippen molar-refractivity contribution >= 4 is 0 Å². The largest absolute Gasteiger partial charge is 0.493 e. The Balaban J connectivity index is 1.49. The summed E-state index contributed by atoms with van der Waals surface area (Å²) in [5.41, 5.74) is 5.69. The predicted molar refractivity (Wildman–Crippen MR) is 152 cm³/mol. The number of methoxy groups -OCH3 is 4. The van der Waals surface area contributed by atoms with E-state index in [1.165, 1.54) is 48.1 Å². The number of ether oxygens (including phenoxy) is 4. The molecule has 0 spiro atoms. The van der Waals surface area contributed by atoms with Crippen LogP contribution in [0.3, 0.4) is 0 Å². The molecule has 0 amide bonds.